The molecule has 0 amide bonds. The maximum Gasteiger partial charge on any atom is 0.307 e. The third kappa shape index (κ3) is 3.83. The van der Waals surface area contributed by atoms with Crippen LogP contribution >= 0.6 is 0 Å². The molecule has 0 radical (unpaired) electrons. The van der Waals surface area contributed by atoms with Gasteiger partial charge in [-0.05, 0) is 38.8 Å². The molecule has 1 aliphatic rings. The Balaban J connectivity index is 2.04. The number of likely N-dealkylation sites (tertiary alicyclic amines) is 1. The predicted octanol–water partition coefficient (Wildman–Crippen LogP) is 3.56. The second kappa shape index (κ2) is 7.44. The van der Waals surface area contributed by atoms with Gasteiger partial charge in [0.1, 0.15) is 0 Å². The lowest BCUT2D eigenvalue weighted by atomic mass is 9.95. The highest BCUT2D eigenvalue weighted by Gasteiger charge is 2.29. The molecule has 3 heteroatoms. The smallest absolute Gasteiger partial charge is 0.307 e. The van der Waals surface area contributed by atoms with Crippen LogP contribution in [0.5, 0.6) is 0 Å². The molecule has 0 bridgehead atoms. The Kier molecular flexibility index (Phi) is 5.60. The fourth-order valence-electron chi connectivity index (χ4n) is 3.09. The van der Waals surface area contributed by atoms with E-state index < -0.39 is 0 Å². The molecule has 0 saturated carbocycles. The van der Waals surface area contributed by atoms with Gasteiger partial charge in [-0.2, -0.15) is 0 Å². The van der Waals surface area contributed by atoms with E-state index in [-0.39, 0.29) is 5.97 Å². The van der Waals surface area contributed by atoms with Crippen LogP contribution < -0.4 is 0 Å². The Hall–Kier alpha value is -1.35. The maximum atomic E-state index is 11.8. The van der Waals surface area contributed by atoms with Gasteiger partial charge in [0.05, 0.1) is 13.0 Å². The van der Waals surface area contributed by atoms with Gasteiger partial charge in [-0.15, -0.1) is 0 Å². The first-order chi connectivity index (χ1) is 9.72. The fourth-order valence-corrected chi connectivity index (χ4v) is 3.09. The quantitative estimate of drug-likeness (QED) is 0.770. The van der Waals surface area contributed by atoms with Gasteiger partial charge in [-0.25, -0.2) is 0 Å². The molecule has 3 nitrogen and oxygen atoms in total. The molecular formula is C17H25NO2. The first kappa shape index (κ1) is 15.0. The average molecular weight is 275 g/mol. The fraction of sp³-hybridized carbons (Fsp3) is 0.588. The van der Waals surface area contributed by atoms with Crippen LogP contribution in [0.3, 0.4) is 0 Å². The van der Waals surface area contributed by atoms with Gasteiger partial charge in [0, 0.05) is 12.1 Å². The molecule has 0 N–H and O–H groups in total. The van der Waals surface area contributed by atoms with E-state index in [2.05, 4.69) is 36.1 Å². The molecular weight excluding hydrogens is 250 g/mol. The summed E-state index contributed by atoms with van der Waals surface area (Å²) in [6.45, 7) is 5.64. The third-order valence-corrected chi connectivity index (χ3v) is 4.16. The number of rotatable bonds is 5. The van der Waals surface area contributed by atoms with E-state index in [4.69, 9.17) is 4.74 Å². The van der Waals surface area contributed by atoms with Crippen molar-refractivity contribution in [2.45, 2.75) is 51.6 Å². The van der Waals surface area contributed by atoms with Crippen LogP contribution in [0, 0.1) is 0 Å². The predicted molar refractivity (Wildman–Crippen MR) is 80.5 cm³/mol. The van der Waals surface area contributed by atoms with Gasteiger partial charge in [0.2, 0.25) is 0 Å². The van der Waals surface area contributed by atoms with Crippen molar-refractivity contribution in [1.29, 1.82) is 0 Å². The van der Waals surface area contributed by atoms with Gasteiger partial charge in [-0.1, -0.05) is 36.8 Å². The SMILES string of the molecule is CCOC(=O)CC1CCCCN1C(C)c1ccccc1. The van der Waals surface area contributed by atoms with Crippen LogP contribution in [0.25, 0.3) is 0 Å². The summed E-state index contributed by atoms with van der Waals surface area (Å²) in [6, 6.07) is 11.2. The van der Waals surface area contributed by atoms with Crippen molar-refractivity contribution >= 4 is 5.97 Å². The van der Waals surface area contributed by atoms with E-state index >= 15 is 0 Å². The number of benzene rings is 1. The van der Waals surface area contributed by atoms with Crippen LogP contribution in [0.15, 0.2) is 30.3 Å². The van der Waals surface area contributed by atoms with Gasteiger partial charge in [0.15, 0.2) is 0 Å². The van der Waals surface area contributed by atoms with Crippen molar-refractivity contribution in [3.63, 3.8) is 0 Å². The standard InChI is InChI=1S/C17H25NO2/c1-3-20-17(19)13-16-11-7-8-12-18(16)14(2)15-9-5-4-6-10-15/h4-6,9-10,14,16H,3,7-8,11-13H2,1-2H3. The minimum atomic E-state index is -0.0651. The zero-order valence-electron chi connectivity index (χ0n) is 12.5. The van der Waals surface area contributed by atoms with E-state index in [1.165, 1.54) is 18.4 Å². The number of esters is 1. The first-order valence-electron chi connectivity index (χ1n) is 7.68. The molecule has 2 atom stereocenters. The van der Waals surface area contributed by atoms with Crippen molar-refractivity contribution in [2.24, 2.45) is 0 Å². The molecule has 1 heterocycles. The molecule has 1 aromatic rings. The van der Waals surface area contributed by atoms with E-state index in [1.807, 2.05) is 13.0 Å². The highest BCUT2D eigenvalue weighted by Crippen LogP contribution is 2.29. The normalized spacial score (nSPS) is 21.4. The first-order valence-corrected chi connectivity index (χ1v) is 7.68. The summed E-state index contributed by atoms with van der Waals surface area (Å²) in [5, 5.41) is 0. The minimum absolute atomic E-state index is 0.0651. The third-order valence-electron chi connectivity index (χ3n) is 4.16. The Morgan fingerprint density at radius 3 is 2.80 bits per heavy atom. The van der Waals surface area contributed by atoms with Crippen molar-refractivity contribution in [3.05, 3.63) is 35.9 Å². The van der Waals surface area contributed by atoms with Gasteiger partial charge < -0.3 is 4.74 Å². The van der Waals surface area contributed by atoms with Crippen LogP contribution in [-0.4, -0.2) is 30.1 Å². The summed E-state index contributed by atoms with van der Waals surface area (Å²) in [5.41, 5.74) is 1.32. The van der Waals surface area contributed by atoms with Crippen LogP contribution in [0.2, 0.25) is 0 Å². The van der Waals surface area contributed by atoms with E-state index in [0.717, 1.165) is 13.0 Å². The topological polar surface area (TPSA) is 29.5 Å². The number of hydrogen-bond acceptors (Lipinski definition) is 3. The van der Waals surface area contributed by atoms with Gasteiger partial charge in [0.25, 0.3) is 0 Å². The summed E-state index contributed by atoms with van der Waals surface area (Å²) in [5.74, 6) is -0.0651. The molecule has 1 saturated heterocycles. The monoisotopic (exact) mass is 275 g/mol. The summed E-state index contributed by atoms with van der Waals surface area (Å²) in [6.07, 6.45) is 4.04. The zero-order valence-corrected chi connectivity index (χ0v) is 12.5. The van der Waals surface area contributed by atoms with E-state index in [9.17, 15) is 4.79 Å². The lowest BCUT2D eigenvalue weighted by molar-refractivity contribution is -0.145. The van der Waals surface area contributed by atoms with Crippen molar-refractivity contribution < 1.29 is 9.53 Å². The number of piperidine rings is 1. The number of hydrogen-bond donors (Lipinski definition) is 0. The molecule has 2 rings (SSSR count). The molecule has 1 fully saturated rings. The molecule has 1 aromatic carbocycles. The Morgan fingerprint density at radius 1 is 1.35 bits per heavy atom. The van der Waals surface area contributed by atoms with E-state index in [1.54, 1.807) is 0 Å². The van der Waals surface area contributed by atoms with Crippen LogP contribution in [0.1, 0.15) is 51.1 Å². The highest BCUT2D eigenvalue weighted by atomic mass is 16.5. The summed E-state index contributed by atoms with van der Waals surface area (Å²) < 4.78 is 5.11. The van der Waals surface area contributed by atoms with Crippen molar-refractivity contribution in [1.82, 2.24) is 4.90 Å². The summed E-state index contributed by atoms with van der Waals surface area (Å²) >= 11 is 0. The zero-order chi connectivity index (χ0) is 14.4. The van der Waals surface area contributed by atoms with E-state index in [0.29, 0.717) is 25.1 Å². The van der Waals surface area contributed by atoms with Crippen molar-refractivity contribution in [3.8, 4) is 0 Å². The summed E-state index contributed by atoms with van der Waals surface area (Å²) in [4.78, 5) is 14.2. The van der Waals surface area contributed by atoms with Crippen LogP contribution in [0.4, 0.5) is 0 Å². The second-order valence-electron chi connectivity index (χ2n) is 5.48. The van der Waals surface area contributed by atoms with Gasteiger partial charge >= 0.3 is 5.97 Å². The Labute approximate surface area is 121 Å². The molecule has 0 aliphatic carbocycles. The largest absolute Gasteiger partial charge is 0.466 e. The Bertz CT molecular complexity index is 418. The summed E-state index contributed by atoms with van der Waals surface area (Å²) in [7, 11) is 0. The Morgan fingerprint density at radius 2 is 2.10 bits per heavy atom. The van der Waals surface area contributed by atoms with Gasteiger partial charge in [-0.3, -0.25) is 9.69 Å². The average Bonchev–Trinajstić information content (AvgIpc) is 2.48. The number of ether oxygens (including phenoxy) is 1. The molecule has 20 heavy (non-hydrogen) atoms. The molecule has 110 valence electrons. The number of carbonyl (C=O) groups excluding carboxylic acids is 1. The molecule has 0 aromatic heterocycles. The minimum Gasteiger partial charge on any atom is -0.466 e. The lowest BCUT2D eigenvalue weighted by Gasteiger charge is -2.39. The van der Waals surface area contributed by atoms with Crippen LogP contribution in [-0.2, 0) is 9.53 Å². The highest BCUT2D eigenvalue weighted by molar-refractivity contribution is 5.70. The second-order valence-corrected chi connectivity index (χ2v) is 5.48. The maximum absolute atomic E-state index is 11.8. The molecule has 0 spiro atoms. The van der Waals surface area contributed by atoms with Crippen molar-refractivity contribution in [2.75, 3.05) is 13.2 Å². The number of nitrogens with zero attached hydrogens (tertiary/aromatic N) is 1. The number of carbonyl (C=O) groups is 1. The lowest BCUT2D eigenvalue weighted by Crippen LogP contribution is -2.42. The molecule has 1 aliphatic heterocycles. The molecule has 2 unspecified atom stereocenters.